The first-order valence-corrected chi connectivity index (χ1v) is 5.30. The summed E-state index contributed by atoms with van der Waals surface area (Å²) in [6.07, 6.45) is 3.96. The second-order valence-corrected chi connectivity index (χ2v) is 4.58. The minimum absolute atomic E-state index is 0.0694. The van der Waals surface area contributed by atoms with Gasteiger partial charge in [-0.3, -0.25) is 4.79 Å². The van der Waals surface area contributed by atoms with Crippen molar-refractivity contribution in [1.82, 2.24) is 4.90 Å². The first-order chi connectivity index (χ1) is 6.08. The largest absolute Gasteiger partial charge is 0.305 e. The van der Waals surface area contributed by atoms with Crippen molar-refractivity contribution in [3.05, 3.63) is 0 Å². The Morgan fingerprint density at radius 1 is 1.54 bits per heavy atom. The molecule has 0 spiro atoms. The van der Waals surface area contributed by atoms with Gasteiger partial charge in [-0.05, 0) is 26.4 Å². The molecule has 13 heavy (non-hydrogen) atoms. The average Bonchev–Trinajstić information content (AvgIpc) is 2.13. The van der Waals surface area contributed by atoms with Gasteiger partial charge in [0.2, 0.25) is 0 Å². The normalized spacial score (nSPS) is 31.8. The molecular weight excluding hydrogens is 162 g/mol. The third kappa shape index (κ3) is 2.53. The molecule has 1 aliphatic heterocycles. The molecule has 2 heteroatoms. The smallest absolute Gasteiger partial charge is 0.140 e. The second-order valence-electron chi connectivity index (χ2n) is 4.58. The van der Waals surface area contributed by atoms with Gasteiger partial charge in [0, 0.05) is 18.4 Å². The number of rotatable bonds is 2. The van der Waals surface area contributed by atoms with E-state index >= 15 is 0 Å². The van der Waals surface area contributed by atoms with Crippen LogP contribution in [0, 0.1) is 5.41 Å². The highest BCUT2D eigenvalue weighted by Gasteiger charge is 2.34. The SMILES string of the molecule is CCCC1(C)CN(C)CCCC1=O. The zero-order chi connectivity index (χ0) is 9.90. The summed E-state index contributed by atoms with van der Waals surface area (Å²) >= 11 is 0. The molecule has 0 amide bonds. The zero-order valence-electron chi connectivity index (χ0n) is 9.10. The standard InChI is InChI=1S/C11H21NO/c1-4-7-11(2)9-12(3)8-5-6-10(11)13/h4-9H2,1-3H3. The van der Waals surface area contributed by atoms with Crippen molar-refractivity contribution in [2.45, 2.75) is 39.5 Å². The fourth-order valence-corrected chi connectivity index (χ4v) is 2.34. The maximum absolute atomic E-state index is 11.8. The molecule has 1 unspecified atom stereocenters. The van der Waals surface area contributed by atoms with Gasteiger partial charge in [-0.2, -0.15) is 0 Å². The molecule has 1 heterocycles. The molecular formula is C11H21NO. The molecule has 2 nitrogen and oxygen atoms in total. The number of hydrogen-bond donors (Lipinski definition) is 0. The zero-order valence-corrected chi connectivity index (χ0v) is 9.10. The molecule has 0 aromatic rings. The second kappa shape index (κ2) is 4.23. The minimum atomic E-state index is -0.0694. The number of ketones is 1. The summed E-state index contributed by atoms with van der Waals surface area (Å²) in [6, 6.07) is 0. The maximum Gasteiger partial charge on any atom is 0.140 e. The fourth-order valence-electron chi connectivity index (χ4n) is 2.34. The highest BCUT2D eigenvalue weighted by atomic mass is 16.1. The number of hydrogen-bond acceptors (Lipinski definition) is 2. The van der Waals surface area contributed by atoms with Crippen molar-refractivity contribution in [2.24, 2.45) is 5.41 Å². The van der Waals surface area contributed by atoms with E-state index in [0.717, 1.165) is 38.8 Å². The van der Waals surface area contributed by atoms with Gasteiger partial charge < -0.3 is 4.90 Å². The summed E-state index contributed by atoms with van der Waals surface area (Å²) in [7, 11) is 2.12. The van der Waals surface area contributed by atoms with Crippen LogP contribution in [0.2, 0.25) is 0 Å². The fraction of sp³-hybridized carbons (Fsp3) is 0.909. The van der Waals surface area contributed by atoms with Crippen LogP contribution in [0.4, 0.5) is 0 Å². The highest BCUT2D eigenvalue weighted by molar-refractivity contribution is 5.84. The third-order valence-electron chi connectivity index (χ3n) is 3.04. The van der Waals surface area contributed by atoms with Gasteiger partial charge in [0.15, 0.2) is 0 Å². The van der Waals surface area contributed by atoms with Crippen LogP contribution in [-0.4, -0.2) is 30.8 Å². The van der Waals surface area contributed by atoms with E-state index in [1.54, 1.807) is 0 Å². The van der Waals surface area contributed by atoms with Crippen LogP contribution in [0.1, 0.15) is 39.5 Å². The molecule has 76 valence electrons. The van der Waals surface area contributed by atoms with Crippen molar-refractivity contribution in [3.63, 3.8) is 0 Å². The van der Waals surface area contributed by atoms with Gasteiger partial charge in [-0.15, -0.1) is 0 Å². The van der Waals surface area contributed by atoms with Crippen molar-refractivity contribution in [2.75, 3.05) is 20.1 Å². The van der Waals surface area contributed by atoms with Crippen molar-refractivity contribution in [3.8, 4) is 0 Å². The van der Waals surface area contributed by atoms with E-state index in [0.29, 0.717) is 5.78 Å². The quantitative estimate of drug-likeness (QED) is 0.653. The minimum Gasteiger partial charge on any atom is -0.305 e. The number of nitrogens with zero attached hydrogens (tertiary/aromatic N) is 1. The Bertz CT molecular complexity index is 191. The van der Waals surface area contributed by atoms with Gasteiger partial charge in [0.1, 0.15) is 5.78 Å². The predicted molar refractivity (Wildman–Crippen MR) is 54.8 cm³/mol. The average molecular weight is 183 g/mol. The Morgan fingerprint density at radius 3 is 2.85 bits per heavy atom. The topological polar surface area (TPSA) is 20.3 Å². The lowest BCUT2D eigenvalue weighted by Crippen LogP contribution is -2.36. The first-order valence-electron chi connectivity index (χ1n) is 5.30. The van der Waals surface area contributed by atoms with Crippen LogP contribution < -0.4 is 0 Å². The lowest BCUT2D eigenvalue weighted by atomic mass is 9.80. The van der Waals surface area contributed by atoms with Crippen molar-refractivity contribution >= 4 is 5.78 Å². The highest BCUT2D eigenvalue weighted by Crippen LogP contribution is 2.29. The Kier molecular flexibility index (Phi) is 3.48. The number of carbonyl (C=O) groups is 1. The molecule has 1 saturated heterocycles. The van der Waals surface area contributed by atoms with Crippen LogP contribution >= 0.6 is 0 Å². The van der Waals surface area contributed by atoms with Crippen LogP contribution in [0.15, 0.2) is 0 Å². The van der Waals surface area contributed by atoms with Gasteiger partial charge in [0.05, 0.1) is 0 Å². The molecule has 0 aromatic heterocycles. The number of Topliss-reactive ketones (excluding diaryl/α,β-unsaturated/α-hetero) is 1. The lowest BCUT2D eigenvalue weighted by molar-refractivity contribution is -0.128. The summed E-state index contributed by atoms with van der Waals surface area (Å²) in [6.45, 7) is 6.30. The molecule has 0 radical (unpaired) electrons. The van der Waals surface area contributed by atoms with E-state index in [4.69, 9.17) is 0 Å². The van der Waals surface area contributed by atoms with E-state index < -0.39 is 0 Å². The summed E-state index contributed by atoms with van der Waals surface area (Å²) < 4.78 is 0. The summed E-state index contributed by atoms with van der Waals surface area (Å²) in [4.78, 5) is 14.1. The van der Waals surface area contributed by atoms with Gasteiger partial charge in [-0.1, -0.05) is 20.3 Å². The van der Waals surface area contributed by atoms with E-state index in [-0.39, 0.29) is 5.41 Å². The van der Waals surface area contributed by atoms with Crippen LogP contribution in [-0.2, 0) is 4.79 Å². The van der Waals surface area contributed by atoms with E-state index in [1.165, 1.54) is 0 Å². The number of likely N-dealkylation sites (tertiary alicyclic amines) is 1. The molecule has 0 aliphatic carbocycles. The van der Waals surface area contributed by atoms with Crippen molar-refractivity contribution < 1.29 is 4.79 Å². The maximum atomic E-state index is 11.8. The summed E-state index contributed by atoms with van der Waals surface area (Å²) in [5.41, 5.74) is -0.0694. The molecule has 0 bridgehead atoms. The van der Waals surface area contributed by atoms with Gasteiger partial charge >= 0.3 is 0 Å². The number of carbonyl (C=O) groups excluding carboxylic acids is 1. The molecule has 1 aliphatic rings. The van der Waals surface area contributed by atoms with Crippen LogP contribution in [0.3, 0.4) is 0 Å². The Labute approximate surface area is 81.3 Å². The third-order valence-corrected chi connectivity index (χ3v) is 3.04. The van der Waals surface area contributed by atoms with E-state index in [1.807, 2.05) is 0 Å². The van der Waals surface area contributed by atoms with Gasteiger partial charge in [-0.25, -0.2) is 0 Å². The van der Waals surface area contributed by atoms with Crippen molar-refractivity contribution in [1.29, 1.82) is 0 Å². The summed E-state index contributed by atoms with van der Waals surface area (Å²) in [5, 5.41) is 0. The molecule has 1 fully saturated rings. The van der Waals surface area contributed by atoms with Gasteiger partial charge in [0.25, 0.3) is 0 Å². The Morgan fingerprint density at radius 2 is 2.23 bits per heavy atom. The monoisotopic (exact) mass is 183 g/mol. The Hall–Kier alpha value is -0.370. The predicted octanol–water partition coefficient (Wildman–Crippen LogP) is 2.09. The van der Waals surface area contributed by atoms with E-state index in [2.05, 4.69) is 25.8 Å². The van der Waals surface area contributed by atoms with Crippen LogP contribution in [0.5, 0.6) is 0 Å². The van der Waals surface area contributed by atoms with E-state index in [9.17, 15) is 4.79 Å². The molecule has 0 aromatic carbocycles. The molecule has 1 rings (SSSR count). The van der Waals surface area contributed by atoms with Crippen LogP contribution in [0.25, 0.3) is 0 Å². The first kappa shape index (κ1) is 10.7. The summed E-state index contributed by atoms with van der Waals surface area (Å²) in [5.74, 6) is 0.471. The molecule has 0 N–H and O–H groups in total. The molecule has 0 saturated carbocycles. The molecule has 1 atom stereocenters. The Balaban J connectivity index is 2.71. The lowest BCUT2D eigenvalue weighted by Gasteiger charge is -2.29.